The van der Waals surface area contributed by atoms with E-state index in [1.54, 1.807) is 0 Å². The van der Waals surface area contributed by atoms with Gasteiger partial charge in [-0.25, -0.2) is 0 Å². The van der Waals surface area contributed by atoms with Crippen LogP contribution in [0, 0.1) is 5.92 Å². The summed E-state index contributed by atoms with van der Waals surface area (Å²) < 4.78 is 5.66. The second-order valence-corrected chi connectivity index (χ2v) is 3.82. The Balaban J connectivity index is 1.92. The lowest BCUT2D eigenvalue weighted by Crippen LogP contribution is -2.35. The Morgan fingerprint density at radius 3 is 2.73 bits per heavy atom. The van der Waals surface area contributed by atoms with Gasteiger partial charge in [-0.2, -0.15) is 0 Å². The number of nitrogens with zero attached hydrogens (tertiary/aromatic N) is 1. The molecule has 2 bridgehead atoms. The van der Waals surface area contributed by atoms with Crippen LogP contribution in [0.1, 0.15) is 19.8 Å². The molecule has 2 aliphatic rings. The minimum absolute atomic E-state index is 0.584. The van der Waals surface area contributed by atoms with Crippen molar-refractivity contribution in [2.24, 2.45) is 5.92 Å². The molecule has 1 heterocycles. The number of rotatable bonds is 2. The van der Waals surface area contributed by atoms with E-state index in [1.807, 2.05) is 0 Å². The summed E-state index contributed by atoms with van der Waals surface area (Å²) >= 11 is 0. The molecule has 2 rings (SSSR count). The van der Waals surface area contributed by atoms with Gasteiger partial charge in [0.15, 0.2) is 0 Å². The van der Waals surface area contributed by atoms with Crippen molar-refractivity contribution >= 4 is 0 Å². The zero-order valence-corrected chi connectivity index (χ0v) is 7.42. The van der Waals surface area contributed by atoms with Gasteiger partial charge in [0.1, 0.15) is 0 Å². The van der Waals surface area contributed by atoms with Gasteiger partial charge >= 0.3 is 0 Å². The second kappa shape index (κ2) is 2.76. The van der Waals surface area contributed by atoms with Gasteiger partial charge in [-0.15, -0.1) is 0 Å². The molecule has 2 heteroatoms. The summed E-state index contributed by atoms with van der Waals surface area (Å²) in [5, 5.41) is 0. The van der Waals surface area contributed by atoms with E-state index in [0.29, 0.717) is 6.10 Å². The first-order chi connectivity index (χ1) is 5.31. The van der Waals surface area contributed by atoms with Crippen molar-refractivity contribution in [3.8, 4) is 0 Å². The van der Waals surface area contributed by atoms with Crippen molar-refractivity contribution in [2.75, 3.05) is 20.2 Å². The number of hydrogen-bond donors (Lipinski definition) is 0. The van der Waals surface area contributed by atoms with Crippen LogP contribution in [0.4, 0.5) is 0 Å². The maximum atomic E-state index is 5.66. The molecule has 1 saturated heterocycles. The van der Waals surface area contributed by atoms with E-state index < -0.39 is 0 Å². The molecule has 0 N–H and O–H groups in total. The predicted octanol–water partition coefficient (Wildman–Crippen LogP) is 1.12. The molecule has 1 saturated carbocycles. The minimum Gasteiger partial charge on any atom is -0.378 e. The zero-order valence-electron chi connectivity index (χ0n) is 7.42. The van der Waals surface area contributed by atoms with Gasteiger partial charge in [-0.1, -0.05) is 0 Å². The van der Waals surface area contributed by atoms with Crippen LogP contribution in [-0.4, -0.2) is 37.2 Å². The van der Waals surface area contributed by atoms with Gasteiger partial charge < -0.3 is 9.64 Å². The number of piperidine rings is 1. The third-order valence-electron chi connectivity index (χ3n) is 3.13. The lowest BCUT2D eigenvalue weighted by Gasteiger charge is -2.27. The highest BCUT2D eigenvalue weighted by atomic mass is 16.5. The highest BCUT2D eigenvalue weighted by Gasteiger charge is 2.43. The molecular weight excluding hydrogens is 138 g/mol. The molecule has 64 valence electrons. The average molecular weight is 155 g/mol. The smallest absolute Gasteiger partial charge is 0.0630 e. The quantitative estimate of drug-likeness (QED) is 0.592. The van der Waals surface area contributed by atoms with Crippen LogP contribution in [0.15, 0.2) is 0 Å². The molecule has 0 aromatic heterocycles. The maximum Gasteiger partial charge on any atom is 0.0630 e. The third-order valence-corrected chi connectivity index (χ3v) is 3.13. The van der Waals surface area contributed by atoms with Crippen LogP contribution in [-0.2, 0) is 4.74 Å². The molecule has 1 aliphatic heterocycles. The summed E-state index contributed by atoms with van der Waals surface area (Å²) in [6.07, 6.45) is 3.23. The fourth-order valence-electron chi connectivity index (χ4n) is 2.55. The maximum absolute atomic E-state index is 5.66. The van der Waals surface area contributed by atoms with Crippen LogP contribution in [0.25, 0.3) is 0 Å². The number of fused-ring (bicyclic) bond motifs is 2. The van der Waals surface area contributed by atoms with Crippen molar-refractivity contribution in [1.82, 2.24) is 4.90 Å². The molecule has 0 radical (unpaired) electrons. The van der Waals surface area contributed by atoms with Crippen molar-refractivity contribution in [2.45, 2.75) is 31.9 Å². The highest BCUT2D eigenvalue weighted by molar-refractivity contribution is 4.96. The van der Waals surface area contributed by atoms with Crippen molar-refractivity contribution < 1.29 is 4.74 Å². The Morgan fingerprint density at radius 1 is 1.45 bits per heavy atom. The van der Waals surface area contributed by atoms with Gasteiger partial charge in [0.25, 0.3) is 0 Å². The first kappa shape index (κ1) is 7.56. The van der Waals surface area contributed by atoms with Crippen LogP contribution >= 0.6 is 0 Å². The van der Waals surface area contributed by atoms with Gasteiger partial charge in [-0.05, 0) is 32.7 Å². The number of likely N-dealkylation sites (tertiary alicyclic amines) is 1. The van der Waals surface area contributed by atoms with E-state index in [-0.39, 0.29) is 0 Å². The summed E-state index contributed by atoms with van der Waals surface area (Å²) in [7, 11) is 2.23. The summed E-state index contributed by atoms with van der Waals surface area (Å²) in [6, 6.07) is 0.830. The van der Waals surface area contributed by atoms with E-state index >= 15 is 0 Å². The lowest BCUT2D eigenvalue weighted by atomic mass is 10.1. The van der Waals surface area contributed by atoms with Crippen LogP contribution in [0.2, 0.25) is 0 Å². The molecule has 0 amide bonds. The monoisotopic (exact) mass is 155 g/mol. The largest absolute Gasteiger partial charge is 0.378 e. The average Bonchev–Trinajstić information content (AvgIpc) is 2.47. The fourth-order valence-corrected chi connectivity index (χ4v) is 2.55. The molecule has 11 heavy (non-hydrogen) atoms. The van der Waals surface area contributed by atoms with E-state index in [2.05, 4.69) is 18.9 Å². The van der Waals surface area contributed by atoms with Crippen LogP contribution < -0.4 is 0 Å². The fraction of sp³-hybridized carbons (Fsp3) is 1.00. The normalized spacial score (nSPS) is 43.6. The van der Waals surface area contributed by atoms with E-state index in [0.717, 1.165) is 18.6 Å². The molecule has 0 aromatic carbocycles. The SMILES string of the molecule is CCOC1CC2CC1CN2C. The Labute approximate surface area is 68.5 Å². The van der Waals surface area contributed by atoms with Crippen molar-refractivity contribution in [3.05, 3.63) is 0 Å². The van der Waals surface area contributed by atoms with Crippen LogP contribution in [0.5, 0.6) is 0 Å². The van der Waals surface area contributed by atoms with Crippen molar-refractivity contribution in [1.29, 1.82) is 0 Å². The van der Waals surface area contributed by atoms with E-state index in [4.69, 9.17) is 4.74 Å². The van der Waals surface area contributed by atoms with Gasteiger partial charge in [0, 0.05) is 19.2 Å². The Hall–Kier alpha value is -0.0800. The number of ether oxygens (including phenoxy) is 1. The minimum atomic E-state index is 0.584. The molecule has 0 spiro atoms. The van der Waals surface area contributed by atoms with Crippen LogP contribution in [0.3, 0.4) is 0 Å². The van der Waals surface area contributed by atoms with Gasteiger partial charge in [-0.3, -0.25) is 0 Å². The summed E-state index contributed by atoms with van der Waals surface area (Å²) in [5.41, 5.74) is 0. The summed E-state index contributed by atoms with van der Waals surface area (Å²) in [5.74, 6) is 0.838. The first-order valence-electron chi connectivity index (χ1n) is 4.63. The van der Waals surface area contributed by atoms with Crippen molar-refractivity contribution in [3.63, 3.8) is 0 Å². The Morgan fingerprint density at radius 2 is 2.27 bits per heavy atom. The van der Waals surface area contributed by atoms with E-state index in [1.165, 1.54) is 19.4 Å². The standard InChI is InChI=1S/C9H17NO/c1-3-11-9-5-8-4-7(9)6-10(8)2/h7-9H,3-6H2,1-2H3. The van der Waals surface area contributed by atoms with Gasteiger partial charge in [0.05, 0.1) is 6.10 Å². The summed E-state index contributed by atoms with van der Waals surface area (Å²) in [4.78, 5) is 2.47. The molecule has 3 unspecified atom stereocenters. The number of hydrogen-bond acceptors (Lipinski definition) is 2. The van der Waals surface area contributed by atoms with E-state index in [9.17, 15) is 0 Å². The highest BCUT2D eigenvalue weighted by Crippen LogP contribution is 2.38. The Bertz CT molecular complexity index is 146. The third kappa shape index (κ3) is 1.18. The Kier molecular flexibility index (Phi) is 1.90. The van der Waals surface area contributed by atoms with Gasteiger partial charge in [0.2, 0.25) is 0 Å². The second-order valence-electron chi connectivity index (χ2n) is 3.82. The molecule has 1 aliphatic carbocycles. The topological polar surface area (TPSA) is 12.5 Å². The molecule has 2 nitrogen and oxygen atoms in total. The lowest BCUT2D eigenvalue weighted by molar-refractivity contribution is 0.0110. The summed E-state index contributed by atoms with van der Waals surface area (Å²) in [6.45, 7) is 4.24. The zero-order chi connectivity index (χ0) is 7.84. The molecule has 0 aromatic rings. The molecular formula is C9H17NO. The first-order valence-corrected chi connectivity index (χ1v) is 4.63. The molecule has 2 fully saturated rings. The predicted molar refractivity (Wildman–Crippen MR) is 44.6 cm³/mol. The molecule has 3 atom stereocenters.